The van der Waals surface area contributed by atoms with Gasteiger partial charge >= 0.3 is 0 Å². The van der Waals surface area contributed by atoms with Gasteiger partial charge in [0.15, 0.2) is 5.16 Å². The summed E-state index contributed by atoms with van der Waals surface area (Å²) in [6, 6.07) is 14.9. The standard InChI is InChI=1S/C19H15FN4OS/c1-12(18(25)23-16-4-2-3-13(9-16)10-21)26-19-22-11-17(24-19)14-5-7-15(20)8-6-14/h2-9,11-12H,1H3,(H,22,24)(H,23,25)/t12-/m1/s1. The van der Waals surface area contributed by atoms with Crippen LogP contribution in [0.5, 0.6) is 0 Å². The second kappa shape index (κ2) is 7.85. The van der Waals surface area contributed by atoms with Crippen molar-refractivity contribution in [2.75, 3.05) is 5.32 Å². The first-order valence-corrected chi connectivity index (χ1v) is 8.72. The lowest BCUT2D eigenvalue weighted by molar-refractivity contribution is -0.115. The number of nitrogens with zero attached hydrogens (tertiary/aromatic N) is 2. The molecule has 0 spiro atoms. The van der Waals surface area contributed by atoms with Crippen LogP contribution in [0.3, 0.4) is 0 Å². The van der Waals surface area contributed by atoms with Crippen molar-refractivity contribution in [3.05, 3.63) is 66.1 Å². The molecule has 1 atom stereocenters. The second-order valence-corrected chi connectivity index (χ2v) is 6.88. The van der Waals surface area contributed by atoms with Gasteiger partial charge in [0, 0.05) is 5.69 Å². The Morgan fingerprint density at radius 1 is 1.31 bits per heavy atom. The van der Waals surface area contributed by atoms with Crippen LogP contribution in [0, 0.1) is 17.1 Å². The Morgan fingerprint density at radius 3 is 2.81 bits per heavy atom. The van der Waals surface area contributed by atoms with Gasteiger partial charge in [0.2, 0.25) is 5.91 Å². The molecule has 1 amide bonds. The molecule has 2 aromatic carbocycles. The van der Waals surface area contributed by atoms with Crippen LogP contribution < -0.4 is 5.32 Å². The monoisotopic (exact) mass is 366 g/mol. The molecule has 0 aliphatic carbocycles. The van der Waals surface area contributed by atoms with Crippen molar-refractivity contribution in [2.24, 2.45) is 0 Å². The van der Waals surface area contributed by atoms with Gasteiger partial charge in [-0.15, -0.1) is 0 Å². The number of aromatic nitrogens is 2. The van der Waals surface area contributed by atoms with Gasteiger partial charge in [-0.05, 0) is 55.0 Å². The maximum atomic E-state index is 13.0. The van der Waals surface area contributed by atoms with Crippen molar-refractivity contribution in [3.63, 3.8) is 0 Å². The highest BCUT2D eigenvalue weighted by atomic mass is 32.2. The van der Waals surface area contributed by atoms with Crippen LogP contribution in [0.25, 0.3) is 11.3 Å². The van der Waals surface area contributed by atoms with Gasteiger partial charge in [-0.1, -0.05) is 17.8 Å². The summed E-state index contributed by atoms with van der Waals surface area (Å²) in [4.78, 5) is 19.7. The van der Waals surface area contributed by atoms with E-state index in [0.29, 0.717) is 16.4 Å². The van der Waals surface area contributed by atoms with Gasteiger partial charge < -0.3 is 10.3 Å². The highest BCUT2D eigenvalue weighted by Gasteiger charge is 2.17. The molecule has 1 heterocycles. The molecule has 2 N–H and O–H groups in total. The zero-order chi connectivity index (χ0) is 18.5. The van der Waals surface area contributed by atoms with Crippen molar-refractivity contribution < 1.29 is 9.18 Å². The van der Waals surface area contributed by atoms with E-state index in [1.165, 1.54) is 23.9 Å². The van der Waals surface area contributed by atoms with E-state index < -0.39 is 5.25 Å². The van der Waals surface area contributed by atoms with Crippen LogP contribution in [-0.2, 0) is 4.79 Å². The predicted molar refractivity (Wildman–Crippen MR) is 99.1 cm³/mol. The molecule has 0 unspecified atom stereocenters. The highest BCUT2D eigenvalue weighted by molar-refractivity contribution is 8.00. The van der Waals surface area contributed by atoms with Crippen LogP contribution in [0.4, 0.5) is 10.1 Å². The molecule has 0 saturated heterocycles. The smallest absolute Gasteiger partial charge is 0.237 e. The number of H-pyrrole nitrogens is 1. The largest absolute Gasteiger partial charge is 0.333 e. The van der Waals surface area contributed by atoms with E-state index in [0.717, 1.165) is 11.3 Å². The number of carbonyl (C=O) groups is 1. The first kappa shape index (κ1) is 17.7. The Labute approximate surface area is 154 Å². The van der Waals surface area contributed by atoms with Crippen LogP contribution in [0.1, 0.15) is 12.5 Å². The fraction of sp³-hybridized carbons (Fsp3) is 0.105. The molecule has 0 fully saturated rings. The van der Waals surface area contributed by atoms with Crippen LogP contribution in [-0.4, -0.2) is 21.1 Å². The van der Waals surface area contributed by atoms with Gasteiger partial charge in [-0.2, -0.15) is 5.26 Å². The summed E-state index contributed by atoms with van der Waals surface area (Å²) in [6.45, 7) is 1.77. The Kier molecular flexibility index (Phi) is 5.34. The fourth-order valence-electron chi connectivity index (χ4n) is 2.27. The van der Waals surface area contributed by atoms with Crippen molar-refractivity contribution >= 4 is 23.4 Å². The van der Waals surface area contributed by atoms with Gasteiger partial charge in [0.05, 0.1) is 28.8 Å². The molecule has 7 heteroatoms. The summed E-state index contributed by atoms with van der Waals surface area (Å²) >= 11 is 1.28. The lowest BCUT2D eigenvalue weighted by Gasteiger charge is -2.10. The van der Waals surface area contributed by atoms with E-state index in [4.69, 9.17) is 5.26 Å². The maximum absolute atomic E-state index is 13.0. The topological polar surface area (TPSA) is 81.6 Å². The summed E-state index contributed by atoms with van der Waals surface area (Å²) < 4.78 is 13.0. The normalized spacial score (nSPS) is 11.6. The Balaban J connectivity index is 1.64. The Bertz CT molecular complexity index is 962. The van der Waals surface area contributed by atoms with Gasteiger partial charge in [-0.3, -0.25) is 4.79 Å². The minimum Gasteiger partial charge on any atom is -0.333 e. The molecule has 5 nitrogen and oxygen atoms in total. The third-order valence-electron chi connectivity index (χ3n) is 3.62. The molecule has 0 radical (unpaired) electrons. The molecule has 130 valence electrons. The third-order valence-corrected chi connectivity index (χ3v) is 4.62. The van der Waals surface area contributed by atoms with E-state index in [9.17, 15) is 9.18 Å². The number of rotatable bonds is 5. The summed E-state index contributed by atoms with van der Waals surface area (Å²) in [5, 5.41) is 11.9. The molecular formula is C19H15FN4OS. The fourth-order valence-corrected chi connectivity index (χ4v) is 3.05. The average Bonchev–Trinajstić information content (AvgIpc) is 3.11. The predicted octanol–water partition coefficient (Wildman–Crippen LogP) is 4.21. The molecular weight excluding hydrogens is 351 g/mol. The summed E-state index contributed by atoms with van der Waals surface area (Å²) in [5.41, 5.74) is 2.63. The third kappa shape index (κ3) is 4.29. The van der Waals surface area contributed by atoms with Gasteiger partial charge in [0.25, 0.3) is 0 Å². The molecule has 3 rings (SSSR count). The van der Waals surface area contributed by atoms with Crippen LogP contribution in [0.2, 0.25) is 0 Å². The lowest BCUT2D eigenvalue weighted by atomic mass is 10.2. The maximum Gasteiger partial charge on any atom is 0.237 e. The lowest BCUT2D eigenvalue weighted by Crippen LogP contribution is -2.22. The highest BCUT2D eigenvalue weighted by Crippen LogP contribution is 2.25. The van der Waals surface area contributed by atoms with E-state index in [1.807, 2.05) is 6.07 Å². The number of hydrogen-bond acceptors (Lipinski definition) is 4. The average molecular weight is 366 g/mol. The van der Waals surface area contributed by atoms with Crippen molar-refractivity contribution in [3.8, 4) is 17.3 Å². The van der Waals surface area contributed by atoms with Crippen molar-refractivity contribution in [1.29, 1.82) is 5.26 Å². The Morgan fingerprint density at radius 2 is 2.08 bits per heavy atom. The SMILES string of the molecule is C[C@@H](Sc1ncc(-c2ccc(F)cc2)[nH]1)C(=O)Nc1cccc(C#N)c1. The summed E-state index contributed by atoms with van der Waals surface area (Å²) in [7, 11) is 0. The van der Waals surface area contributed by atoms with Crippen molar-refractivity contribution in [1.82, 2.24) is 9.97 Å². The zero-order valence-corrected chi connectivity index (χ0v) is 14.7. The number of imidazole rings is 1. The number of halogens is 1. The van der Waals surface area contributed by atoms with Gasteiger partial charge in [0.1, 0.15) is 5.82 Å². The number of thioether (sulfide) groups is 1. The number of nitrogens with one attached hydrogen (secondary N) is 2. The molecule has 0 aliphatic heterocycles. The molecule has 3 aromatic rings. The second-order valence-electron chi connectivity index (χ2n) is 5.55. The Hall–Kier alpha value is -3.11. The summed E-state index contributed by atoms with van der Waals surface area (Å²) in [5.74, 6) is -0.488. The number of hydrogen-bond donors (Lipinski definition) is 2. The van der Waals surface area contributed by atoms with Crippen LogP contribution in [0.15, 0.2) is 59.9 Å². The quantitative estimate of drug-likeness (QED) is 0.663. The number of anilines is 1. The van der Waals surface area contributed by atoms with Gasteiger partial charge in [-0.25, -0.2) is 9.37 Å². The first-order chi connectivity index (χ1) is 12.5. The van der Waals surface area contributed by atoms with Crippen LogP contribution >= 0.6 is 11.8 Å². The molecule has 0 bridgehead atoms. The van der Waals surface area contributed by atoms with Crippen molar-refractivity contribution in [2.45, 2.75) is 17.3 Å². The number of benzene rings is 2. The molecule has 0 aliphatic rings. The number of carbonyl (C=O) groups excluding carboxylic acids is 1. The number of aromatic amines is 1. The minimum absolute atomic E-state index is 0.190. The number of amides is 1. The molecule has 1 aromatic heterocycles. The van der Waals surface area contributed by atoms with E-state index in [1.54, 1.807) is 49.5 Å². The van der Waals surface area contributed by atoms with E-state index in [2.05, 4.69) is 15.3 Å². The molecule has 26 heavy (non-hydrogen) atoms. The zero-order valence-electron chi connectivity index (χ0n) is 13.9. The minimum atomic E-state index is -0.395. The van der Waals surface area contributed by atoms with E-state index >= 15 is 0 Å². The van der Waals surface area contributed by atoms with E-state index in [-0.39, 0.29) is 11.7 Å². The first-order valence-electron chi connectivity index (χ1n) is 7.84. The molecule has 0 saturated carbocycles. The summed E-state index contributed by atoms with van der Waals surface area (Å²) in [6.07, 6.45) is 1.65. The number of nitriles is 1.